The molecule has 0 amide bonds. The first-order valence-electron chi connectivity index (χ1n) is 7.18. The normalized spacial score (nSPS) is 12.2. The van der Waals surface area contributed by atoms with Gasteiger partial charge in [-0.2, -0.15) is 0 Å². The lowest BCUT2D eigenvalue weighted by molar-refractivity contribution is 0.295. The van der Waals surface area contributed by atoms with E-state index < -0.39 is 15.6 Å². The third kappa shape index (κ3) is 5.19. The fourth-order valence-electron chi connectivity index (χ4n) is 2.03. The number of hydrogen-bond donors (Lipinski definition) is 1. The molecule has 0 heterocycles. The molecule has 0 radical (unpaired) electrons. The van der Waals surface area contributed by atoms with Crippen LogP contribution in [0.2, 0.25) is 0 Å². The quantitative estimate of drug-likeness (QED) is 0.710. The third-order valence-corrected chi connectivity index (χ3v) is 5.52. The maximum atomic E-state index is 12.6. The predicted octanol–water partition coefficient (Wildman–Crippen LogP) is 3.95. The molecule has 6 heteroatoms. The third-order valence-electron chi connectivity index (χ3n) is 2.89. The average Bonchev–Trinajstić information content (AvgIpc) is 2.44. The second kappa shape index (κ2) is 7.19. The Morgan fingerprint density at radius 2 is 1.70 bits per heavy atom. The van der Waals surface area contributed by atoms with Crippen LogP contribution in [0, 0.1) is 3.57 Å². The van der Waals surface area contributed by atoms with Gasteiger partial charge in [0.15, 0.2) is 5.75 Å². The number of ether oxygens (including phenoxy) is 1. The molecule has 2 aromatic rings. The lowest BCUT2D eigenvalue weighted by Gasteiger charge is -2.22. The van der Waals surface area contributed by atoms with Gasteiger partial charge in [-0.3, -0.25) is 0 Å². The zero-order valence-electron chi connectivity index (χ0n) is 13.3. The van der Waals surface area contributed by atoms with Gasteiger partial charge in [0, 0.05) is 5.54 Å². The predicted molar refractivity (Wildman–Crippen MR) is 100 cm³/mol. The molecule has 0 unspecified atom stereocenters. The van der Waals surface area contributed by atoms with Crippen molar-refractivity contribution in [2.45, 2.75) is 37.8 Å². The number of nitrogens with one attached hydrogen (secondary N) is 1. The summed E-state index contributed by atoms with van der Waals surface area (Å²) >= 11 is 2.09. The standard InChI is InChI=1S/C17H20INO3S/c1-17(2,3)19-23(20,21)15-11-7-10-14(18)16(15)22-12-13-8-5-4-6-9-13/h4-11,19H,12H2,1-3H3. The van der Waals surface area contributed by atoms with E-state index in [-0.39, 0.29) is 4.90 Å². The van der Waals surface area contributed by atoms with Crippen molar-refractivity contribution in [3.63, 3.8) is 0 Å². The lowest BCUT2D eigenvalue weighted by Crippen LogP contribution is -2.40. The molecule has 4 nitrogen and oxygen atoms in total. The van der Waals surface area contributed by atoms with Crippen LogP contribution >= 0.6 is 22.6 Å². The number of benzene rings is 2. The number of hydrogen-bond acceptors (Lipinski definition) is 3. The molecule has 2 rings (SSSR count). The summed E-state index contributed by atoms with van der Waals surface area (Å²) in [7, 11) is -3.66. The van der Waals surface area contributed by atoms with Crippen molar-refractivity contribution in [3.05, 3.63) is 57.7 Å². The summed E-state index contributed by atoms with van der Waals surface area (Å²) in [5.41, 5.74) is 0.427. The molecule has 23 heavy (non-hydrogen) atoms. The molecule has 1 N–H and O–H groups in total. The minimum atomic E-state index is -3.66. The van der Waals surface area contributed by atoms with E-state index in [0.29, 0.717) is 12.4 Å². The number of halogens is 1. The van der Waals surface area contributed by atoms with E-state index in [4.69, 9.17) is 4.74 Å². The first-order valence-corrected chi connectivity index (χ1v) is 9.74. The summed E-state index contributed by atoms with van der Waals surface area (Å²) < 4.78 is 34.5. The molecule has 124 valence electrons. The van der Waals surface area contributed by atoms with E-state index in [1.54, 1.807) is 12.1 Å². The second-order valence-electron chi connectivity index (χ2n) is 6.20. The number of rotatable bonds is 5. The van der Waals surface area contributed by atoms with Gasteiger partial charge >= 0.3 is 0 Å². The van der Waals surface area contributed by atoms with Gasteiger partial charge in [0.2, 0.25) is 10.0 Å². The second-order valence-corrected chi connectivity index (χ2v) is 9.01. The Bertz CT molecular complexity index is 768. The molecule has 0 saturated heterocycles. The van der Waals surface area contributed by atoms with E-state index in [9.17, 15) is 8.42 Å². The molecular formula is C17H20INO3S. The van der Waals surface area contributed by atoms with Gasteiger partial charge in [0.1, 0.15) is 11.5 Å². The average molecular weight is 445 g/mol. The van der Waals surface area contributed by atoms with Gasteiger partial charge < -0.3 is 4.74 Å². The van der Waals surface area contributed by atoms with Gasteiger partial charge in [-0.15, -0.1) is 0 Å². The smallest absolute Gasteiger partial charge is 0.244 e. The summed E-state index contributed by atoms with van der Waals surface area (Å²) in [6.45, 7) is 5.74. The van der Waals surface area contributed by atoms with E-state index in [1.165, 1.54) is 0 Å². The van der Waals surface area contributed by atoms with E-state index in [2.05, 4.69) is 27.3 Å². The fraction of sp³-hybridized carbons (Fsp3) is 0.294. The monoisotopic (exact) mass is 445 g/mol. The van der Waals surface area contributed by atoms with Crippen LogP contribution in [0.5, 0.6) is 5.75 Å². The molecule has 0 aliphatic carbocycles. The van der Waals surface area contributed by atoms with Gasteiger partial charge in [0.05, 0.1) is 3.57 Å². The highest BCUT2D eigenvalue weighted by molar-refractivity contribution is 14.1. The maximum absolute atomic E-state index is 12.6. The molecule has 0 aliphatic heterocycles. The molecular weight excluding hydrogens is 425 g/mol. The molecule has 0 saturated carbocycles. The first-order chi connectivity index (χ1) is 10.7. The van der Waals surface area contributed by atoms with Crippen LogP contribution in [0.3, 0.4) is 0 Å². The first kappa shape index (κ1) is 18.2. The summed E-state index contributed by atoms with van der Waals surface area (Å²) in [5, 5.41) is 0. The van der Waals surface area contributed by atoms with Crippen LogP contribution in [0.15, 0.2) is 53.4 Å². The minimum Gasteiger partial charge on any atom is -0.486 e. The maximum Gasteiger partial charge on any atom is 0.244 e. The van der Waals surface area contributed by atoms with E-state index in [0.717, 1.165) is 9.13 Å². The van der Waals surface area contributed by atoms with E-state index in [1.807, 2.05) is 57.2 Å². The van der Waals surface area contributed by atoms with Gasteiger partial charge in [-0.25, -0.2) is 13.1 Å². The molecule has 0 aromatic heterocycles. The Balaban J connectivity index is 2.33. The van der Waals surface area contributed by atoms with Gasteiger partial charge in [-0.1, -0.05) is 36.4 Å². The minimum absolute atomic E-state index is 0.162. The Morgan fingerprint density at radius 3 is 2.30 bits per heavy atom. The molecule has 0 aliphatic rings. The van der Waals surface area contributed by atoms with Crippen molar-refractivity contribution in [3.8, 4) is 5.75 Å². The molecule has 0 bridgehead atoms. The number of sulfonamides is 1. The molecule has 0 atom stereocenters. The van der Waals surface area contributed by atoms with Crippen LogP contribution in [0.1, 0.15) is 26.3 Å². The van der Waals surface area contributed by atoms with Crippen LogP contribution in [-0.2, 0) is 16.6 Å². The van der Waals surface area contributed by atoms with Crippen molar-refractivity contribution in [2.24, 2.45) is 0 Å². The van der Waals surface area contributed by atoms with E-state index >= 15 is 0 Å². The van der Waals surface area contributed by atoms with Crippen LogP contribution in [-0.4, -0.2) is 14.0 Å². The van der Waals surface area contributed by atoms with Crippen LogP contribution < -0.4 is 9.46 Å². The zero-order valence-corrected chi connectivity index (χ0v) is 16.3. The van der Waals surface area contributed by atoms with Gasteiger partial charge in [-0.05, 0) is 61.1 Å². The highest BCUT2D eigenvalue weighted by Gasteiger charge is 2.26. The molecule has 0 spiro atoms. The summed E-state index contributed by atoms with van der Waals surface area (Å²) in [5.74, 6) is 0.383. The highest BCUT2D eigenvalue weighted by atomic mass is 127. The Labute approximate surface area is 151 Å². The van der Waals surface area contributed by atoms with Crippen molar-refractivity contribution in [1.82, 2.24) is 4.72 Å². The van der Waals surface area contributed by atoms with Crippen LogP contribution in [0.25, 0.3) is 0 Å². The van der Waals surface area contributed by atoms with Crippen molar-refractivity contribution in [2.75, 3.05) is 0 Å². The van der Waals surface area contributed by atoms with Crippen molar-refractivity contribution < 1.29 is 13.2 Å². The topological polar surface area (TPSA) is 55.4 Å². The Hall–Kier alpha value is -1.12. The van der Waals surface area contributed by atoms with Gasteiger partial charge in [0.25, 0.3) is 0 Å². The summed E-state index contributed by atoms with van der Waals surface area (Å²) in [6, 6.07) is 14.8. The zero-order chi connectivity index (χ0) is 17.1. The highest BCUT2D eigenvalue weighted by Crippen LogP contribution is 2.30. The Morgan fingerprint density at radius 1 is 1.04 bits per heavy atom. The SMILES string of the molecule is CC(C)(C)NS(=O)(=O)c1cccc(I)c1OCc1ccccc1. The largest absolute Gasteiger partial charge is 0.486 e. The fourth-order valence-corrected chi connectivity index (χ4v) is 4.45. The summed E-state index contributed by atoms with van der Waals surface area (Å²) in [4.78, 5) is 0.162. The summed E-state index contributed by atoms with van der Waals surface area (Å²) in [6.07, 6.45) is 0. The van der Waals surface area contributed by atoms with Crippen molar-refractivity contribution in [1.29, 1.82) is 0 Å². The Kier molecular flexibility index (Phi) is 5.70. The lowest BCUT2D eigenvalue weighted by atomic mass is 10.1. The van der Waals surface area contributed by atoms with Crippen molar-refractivity contribution >= 4 is 32.6 Å². The molecule has 2 aromatic carbocycles. The number of para-hydroxylation sites is 1. The van der Waals surface area contributed by atoms with Crippen LogP contribution in [0.4, 0.5) is 0 Å². The molecule has 0 fully saturated rings.